The largest absolute Gasteiger partial charge is 0.383 e. The minimum atomic E-state index is -2.77. The molecule has 1 heterocycles. The van der Waals surface area contributed by atoms with E-state index in [1.165, 1.54) is 0 Å². The SMILES string of the molecule is Nc1nc(F)c(CCl)cc1C(F)F. The van der Waals surface area contributed by atoms with Crippen molar-refractivity contribution in [3.63, 3.8) is 0 Å². The number of hydrogen-bond donors (Lipinski definition) is 1. The number of nitrogen functional groups attached to an aromatic ring is 1. The van der Waals surface area contributed by atoms with Gasteiger partial charge in [-0.2, -0.15) is 4.39 Å². The van der Waals surface area contributed by atoms with Gasteiger partial charge in [0.2, 0.25) is 5.95 Å². The van der Waals surface area contributed by atoms with Crippen molar-refractivity contribution >= 4 is 17.4 Å². The van der Waals surface area contributed by atoms with E-state index in [0.29, 0.717) is 0 Å². The van der Waals surface area contributed by atoms with Crippen molar-refractivity contribution < 1.29 is 13.2 Å². The summed E-state index contributed by atoms with van der Waals surface area (Å²) in [7, 11) is 0. The lowest BCUT2D eigenvalue weighted by atomic mass is 10.2. The van der Waals surface area contributed by atoms with Crippen LogP contribution in [0.2, 0.25) is 0 Å². The Morgan fingerprint density at radius 2 is 2.15 bits per heavy atom. The molecule has 72 valence electrons. The van der Waals surface area contributed by atoms with Gasteiger partial charge in [0.25, 0.3) is 6.43 Å². The van der Waals surface area contributed by atoms with E-state index in [9.17, 15) is 13.2 Å². The van der Waals surface area contributed by atoms with E-state index in [0.717, 1.165) is 6.07 Å². The van der Waals surface area contributed by atoms with Gasteiger partial charge < -0.3 is 5.73 Å². The average Bonchev–Trinajstić information content (AvgIpc) is 2.03. The van der Waals surface area contributed by atoms with Crippen LogP contribution in [-0.4, -0.2) is 4.98 Å². The number of aromatic nitrogens is 1. The first kappa shape index (κ1) is 10.1. The second kappa shape index (κ2) is 3.83. The van der Waals surface area contributed by atoms with Crippen LogP contribution in [0.15, 0.2) is 6.07 Å². The van der Waals surface area contributed by atoms with Gasteiger partial charge in [0.1, 0.15) is 5.82 Å². The molecule has 1 rings (SSSR count). The van der Waals surface area contributed by atoms with Gasteiger partial charge in [-0.15, -0.1) is 11.6 Å². The molecule has 1 aromatic heterocycles. The Morgan fingerprint density at radius 3 is 2.62 bits per heavy atom. The molecule has 0 aliphatic rings. The van der Waals surface area contributed by atoms with Crippen LogP contribution in [0.1, 0.15) is 17.6 Å². The van der Waals surface area contributed by atoms with Crippen LogP contribution >= 0.6 is 11.6 Å². The molecule has 0 unspecified atom stereocenters. The number of nitrogens with two attached hydrogens (primary N) is 1. The molecule has 0 fully saturated rings. The number of alkyl halides is 3. The van der Waals surface area contributed by atoms with Crippen LogP contribution in [-0.2, 0) is 5.88 Å². The Hall–Kier alpha value is -0.970. The van der Waals surface area contributed by atoms with Gasteiger partial charge >= 0.3 is 0 Å². The van der Waals surface area contributed by atoms with E-state index in [2.05, 4.69) is 4.98 Å². The number of anilines is 1. The maximum absolute atomic E-state index is 12.8. The number of rotatable bonds is 2. The topological polar surface area (TPSA) is 38.9 Å². The van der Waals surface area contributed by atoms with Gasteiger partial charge in [-0.25, -0.2) is 13.8 Å². The lowest BCUT2D eigenvalue weighted by Crippen LogP contribution is -2.03. The van der Waals surface area contributed by atoms with Gasteiger partial charge in [-0.05, 0) is 6.07 Å². The number of nitrogens with zero attached hydrogens (tertiary/aromatic N) is 1. The highest BCUT2D eigenvalue weighted by molar-refractivity contribution is 6.17. The van der Waals surface area contributed by atoms with Crippen LogP contribution < -0.4 is 5.73 Å². The Morgan fingerprint density at radius 1 is 1.54 bits per heavy atom. The standard InChI is InChI=1S/C7H6ClF3N2/c8-2-3-1-4(5(9)10)7(12)13-6(3)11/h1,5H,2H2,(H2,12,13). The molecule has 6 heteroatoms. The van der Waals surface area contributed by atoms with Crippen LogP contribution in [0, 0.1) is 5.95 Å². The number of hydrogen-bond acceptors (Lipinski definition) is 2. The fourth-order valence-corrected chi connectivity index (χ4v) is 1.02. The highest BCUT2D eigenvalue weighted by Crippen LogP contribution is 2.25. The average molecular weight is 211 g/mol. The summed E-state index contributed by atoms with van der Waals surface area (Å²) in [6.45, 7) is 0. The molecule has 13 heavy (non-hydrogen) atoms. The van der Waals surface area contributed by atoms with Gasteiger partial charge in [-0.1, -0.05) is 0 Å². The van der Waals surface area contributed by atoms with E-state index < -0.39 is 23.8 Å². The zero-order valence-corrected chi connectivity index (χ0v) is 7.15. The molecule has 0 aromatic carbocycles. The number of pyridine rings is 1. The van der Waals surface area contributed by atoms with Crippen LogP contribution in [0.25, 0.3) is 0 Å². The monoisotopic (exact) mass is 210 g/mol. The second-order valence-electron chi connectivity index (χ2n) is 2.35. The molecular weight excluding hydrogens is 205 g/mol. The van der Waals surface area contributed by atoms with Crippen molar-refractivity contribution in [2.45, 2.75) is 12.3 Å². The zero-order chi connectivity index (χ0) is 10.0. The summed E-state index contributed by atoms with van der Waals surface area (Å²) in [6.07, 6.45) is -2.77. The van der Waals surface area contributed by atoms with Gasteiger partial charge in [0.15, 0.2) is 0 Å². The molecule has 0 saturated carbocycles. The molecule has 2 nitrogen and oxygen atoms in total. The van der Waals surface area contributed by atoms with Gasteiger partial charge in [-0.3, -0.25) is 0 Å². The Labute approximate surface area is 77.5 Å². The highest BCUT2D eigenvalue weighted by atomic mass is 35.5. The quantitative estimate of drug-likeness (QED) is 0.602. The van der Waals surface area contributed by atoms with Gasteiger partial charge in [0, 0.05) is 5.56 Å². The minimum Gasteiger partial charge on any atom is -0.383 e. The second-order valence-corrected chi connectivity index (χ2v) is 2.61. The molecule has 0 atom stereocenters. The zero-order valence-electron chi connectivity index (χ0n) is 6.40. The van der Waals surface area contributed by atoms with E-state index in [-0.39, 0.29) is 11.4 Å². The Kier molecular flexibility index (Phi) is 2.98. The molecule has 0 radical (unpaired) electrons. The number of halogens is 4. The van der Waals surface area contributed by atoms with Crippen molar-refractivity contribution in [1.82, 2.24) is 4.98 Å². The molecule has 2 N–H and O–H groups in total. The highest BCUT2D eigenvalue weighted by Gasteiger charge is 2.15. The van der Waals surface area contributed by atoms with Crippen molar-refractivity contribution in [3.8, 4) is 0 Å². The first-order valence-electron chi connectivity index (χ1n) is 3.35. The summed E-state index contributed by atoms with van der Waals surface area (Å²) < 4.78 is 37.2. The normalized spacial score (nSPS) is 10.8. The van der Waals surface area contributed by atoms with Crippen LogP contribution in [0.3, 0.4) is 0 Å². The summed E-state index contributed by atoms with van der Waals surface area (Å²) in [5.74, 6) is -1.61. The first-order chi connectivity index (χ1) is 6.06. The third-order valence-electron chi connectivity index (χ3n) is 1.49. The smallest absolute Gasteiger partial charge is 0.267 e. The van der Waals surface area contributed by atoms with Crippen molar-refractivity contribution in [1.29, 1.82) is 0 Å². The molecule has 0 aliphatic heterocycles. The summed E-state index contributed by atoms with van der Waals surface area (Å²) >= 11 is 5.30. The molecule has 0 saturated heterocycles. The van der Waals surface area contributed by atoms with E-state index >= 15 is 0 Å². The van der Waals surface area contributed by atoms with Crippen molar-refractivity contribution in [3.05, 3.63) is 23.1 Å². The van der Waals surface area contributed by atoms with Crippen LogP contribution in [0.5, 0.6) is 0 Å². The van der Waals surface area contributed by atoms with Crippen molar-refractivity contribution in [2.75, 3.05) is 5.73 Å². The summed E-state index contributed by atoms with van der Waals surface area (Å²) in [5.41, 5.74) is 4.51. The summed E-state index contributed by atoms with van der Waals surface area (Å²) in [6, 6.07) is 0.926. The van der Waals surface area contributed by atoms with E-state index in [1.807, 2.05) is 0 Å². The van der Waals surface area contributed by atoms with Crippen LogP contribution in [0.4, 0.5) is 19.0 Å². The molecule has 0 bridgehead atoms. The lowest BCUT2D eigenvalue weighted by molar-refractivity contribution is 0.151. The molecule has 0 aliphatic carbocycles. The lowest BCUT2D eigenvalue weighted by Gasteiger charge is -2.05. The fraction of sp³-hybridized carbons (Fsp3) is 0.286. The fourth-order valence-electron chi connectivity index (χ4n) is 0.832. The van der Waals surface area contributed by atoms with E-state index in [4.69, 9.17) is 17.3 Å². The maximum Gasteiger partial charge on any atom is 0.267 e. The molecular formula is C7H6ClF3N2. The summed E-state index contributed by atoms with van der Waals surface area (Å²) in [5, 5.41) is 0. The first-order valence-corrected chi connectivity index (χ1v) is 3.88. The minimum absolute atomic E-state index is 0.0776. The summed E-state index contributed by atoms with van der Waals surface area (Å²) in [4.78, 5) is 3.11. The third-order valence-corrected chi connectivity index (χ3v) is 1.78. The Balaban J connectivity index is 3.22. The Bertz CT molecular complexity index is 317. The third kappa shape index (κ3) is 2.03. The molecule has 0 spiro atoms. The predicted octanol–water partition coefficient (Wildman–Crippen LogP) is 2.48. The maximum atomic E-state index is 12.8. The molecule has 0 amide bonds. The van der Waals surface area contributed by atoms with E-state index in [1.54, 1.807) is 0 Å². The molecule has 1 aromatic rings. The predicted molar refractivity (Wildman–Crippen MR) is 43.1 cm³/mol. The van der Waals surface area contributed by atoms with Crippen molar-refractivity contribution in [2.24, 2.45) is 0 Å². The van der Waals surface area contributed by atoms with Gasteiger partial charge in [0.05, 0.1) is 11.4 Å².